The van der Waals surface area contributed by atoms with Crippen molar-refractivity contribution in [3.63, 3.8) is 0 Å². The van der Waals surface area contributed by atoms with E-state index in [0.717, 1.165) is 22.4 Å². The maximum Gasteiger partial charge on any atom is 0.157 e. The summed E-state index contributed by atoms with van der Waals surface area (Å²) in [4.78, 5) is 0. The number of hydrogen-bond acceptors (Lipinski definition) is 3. The molecule has 0 bridgehead atoms. The molecule has 4 nitrogen and oxygen atoms in total. The molecule has 68 valence electrons. The van der Waals surface area contributed by atoms with Crippen LogP contribution < -0.4 is 0 Å². The highest BCUT2D eigenvalue weighted by Gasteiger charge is 2.06. The number of aromatic amines is 1. The molecule has 0 saturated heterocycles. The third kappa shape index (κ3) is 1.01. The van der Waals surface area contributed by atoms with Crippen LogP contribution in [0.4, 0.5) is 0 Å². The van der Waals surface area contributed by atoms with Gasteiger partial charge in [0.1, 0.15) is 11.3 Å². The van der Waals surface area contributed by atoms with Gasteiger partial charge < -0.3 is 4.42 Å². The Morgan fingerprint density at radius 1 is 1.21 bits per heavy atom. The van der Waals surface area contributed by atoms with Crippen molar-refractivity contribution in [3.05, 3.63) is 36.5 Å². The topological polar surface area (TPSA) is 54.7 Å². The molecule has 0 radical (unpaired) electrons. The van der Waals surface area contributed by atoms with Crippen molar-refractivity contribution < 1.29 is 4.42 Å². The van der Waals surface area contributed by atoms with Gasteiger partial charge in [-0.25, -0.2) is 0 Å². The Morgan fingerprint density at radius 3 is 2.93 bits per heavy atom. The molecular formula is C10H7N3O. The first-order chi connectivity index (χ1) is 6.93. The molecule has 0 saturated carbocycles. The van der Waals surface area contributed by atoms with Crippen LogP contribution in [0.5, 0.6) is 0 Å². The number of nitrogens with zero attached hydrogens (tertiary/aromatic N) is 2. The average molecular weight is 185 g/mol. The summed E-state index contributed by atoms with van der Waals surface area (Å²) in [6, 6.07) is 9.80. The number of nitrogens with one attached hydrogen (secondary N) is 1. The van der Waals surface area contributed by atoms with Gasteiger partial charge in [-0.15, -0.1) is 5.10 Å². The molecule has 0 aliphatic rings. The first kappa shape index (κ1) is 7.32. The molecule has 2 heterocycles. The first-order valence-electron chi connectivity index (χ1n) is 4.29. The highest BCUT2D eigenvalue weighted by Crippen LogP contribution is 2.25. The van der Waals surface area contributed by atoms with Gasteiger partial charge in [0, 0.05) is 5.39 Å². The Morgan fingerprint density at radius 2 is 2.14 bits per heavy atom. The zero-order valence-electron chi connectivity index (χ0n) is 7.27. The zero-order valence-corrected chi connectivity index (χ0v) is 7.27. The molecule has 2 aromatic heterocycles. The van der Waals surface area contributed by atoms with Crippen molar-refractivity contribution in [1.29, 1.82) is 0 Å². The van der Waals surface area contributed by atoms with Crippen LogP contribution in [-0.2, 0) is 0 Å². The SMILES string of the molecule is c1ccc2oc(-c3c[nH]nn3)cc2c1. The van der Waals surface area contributed by atoms with Gasteiger partial charge >= 0.3 is 0 Å². The van der Waals surface area contributed by atoms with E-state index >= 15 is 0 Å². The van der Waals surface area contributed by atoms with Gasteiger partial charge in [0.25, 0.3) is 0 Å². The van der Waals surface area contributed by atoms with E-state index in [1.807, 2.05) is 30.3 Å². The molecular weight excluding hydrogens is 178 g/mol. The molecule has 1 N–H and O–H groups in total. The summed E-state index contributed by atoms with van der Waals surface area (Å²) >= 11 is 0. The second-order valence-electron chi connectivity index (χ2n) is 3.01. The molecule has 1 aromatic carbocycles. The van der Waals surface area contributed by atoms with Crippen LogP contribution in [0.3, 0.4) is 0 Å². The summed E-state index contributed by atoms with van der Waals surface area (Å²) in [5.41, 5.74) is 1.59. The van der Waals surface area contributed by atoms with Crippen molar-refractivity contribution in [1.82, 2.24) is 15.4 Å². The van der Waals surface area contributed by atoms with E-state index in [0.29, 0.717) is 0 Å². The Labute approximate surface area is 79.5 Å². The Hall–Kier alpha value is -2.10. The Kier molecular flexibility index (Phi) is 1.41. The van der Waals surface area contributed by atoms with Gasteiger partial charge in [-0.1, -0.05) is 23.4 Å². The van der Waals surface area contributed by atoms with Crippen LogP contribution in [0.15, 0.2) is 40.9 Å². The van der Waals surface area contributed by atoms with Gasteiger partial charge in [0.2, 0.25) is 0 Å². The van der Waals surface area contributed by atoms with Crippen LogP contribution in [-0.4, -0.2) is 15.4 Å². The van der Waals surface area contributed by atoms with Crippen molar-refractivity contribution in [3.8, 4) is 11.5 Å². The van der Waals surface area contributed by atoms with Crippen molar-refractivity contribution >= 4 is 11.0 Å². The third-order valence-corrected chi connectivity index (χ3v) is 2.09. The lowest BCUT2D eigenvalue weighted by Gasteiger charge is -1.84. The number of benzene rings is 1. The quantitative estimate of drug-likeness (QED) is 0.632. The molecule has 14 heavy (non-hydrogen) atoms. The van der Waals surface area contributed by atoms with Crippen LogP contribution in [0.2, 0.25) is 0 Å². The third-order valence-electron chi connectivity index (χ3n) is 2.09. The lowest BCUT2D eigenvalue weighted by molar-refractivity contribution is 0.628. The zero-order chi connectivity index (χ0) is 9.38. The summed E-state index contributed by atoms with van der Waals surface area (Å²) in [5, 5.41) is 11.2. The van der Waals surface area contributed by atoms with E-state index in [4.69, 9.17) is 4.42 Å². The molecule has 0 amide bonds. The maximum absolute atomic E-state index is 5.59. The minimum atomic E-state index is 0.723. The Balaban J connectivity index is 2.24. The van der Waals surface area contributed by atoms with Gasteiger partial charge in [-0.2, -0.15) is 0 Å². The largest absolute Gasteiger partial charge is 0.454 e. The lowest BCUT2D eigenvalue weighted by atomic mass is 10.2. The predicted octanol–water partition coefficient (Wildman–Crippen LogP) is 2.22. The first-order valence-corrected chi connectivity index (χ1v) is 4.29. The second-order valence-corrected chi connectivity index (χ2v) is 3.01. The number of furan rings is 1. The van der Waals surface area contributed by atoms with E-state index in [-0.39, 0.29) is 0 Å². The summed E-state index contributed by atoms with van der Waals surface area (Å²) in [5.74, 6) is 0.736. The van der Waals surface area contributed by atoms with E-state index in [1.165, 1.54) is 0 Å². The van der Waals surface area contributed by atoms with Crippen LogP contribution >= 0.6 is 0 Å². The smallest absolute Gasteiger partial charge is 0.157 e. The molecule has 3 aromatic rings. The monoisotopic (exact) mass is 185 g/mol. The van der Waals surface area contributed by atoms with Crippen LogP contribution in [0.1, 0.15) is 0 Å². The lowest BCUT2D eigenvalue weighted by Crippen LogP contribution is -1.71. The number of H-pyrrole nitrogens is 1. The number of rotatable bonds is 1. The van der Waals surface area contributed by atoms with E-state index < -0.39 is 0 Å². The average Bonchev–Trinajstić information content (AvgIpc) is 2.86. The fraction of sp³-hybridized carbons (Fsp3) is 0. The number of para-hydroxylation sites is 1. The highest BCUT2D eigenvalue weighted by molar-refractivity contribution is 5.81. The molecule has 0 atom stereocenters. The number of fused-ring (bicyclic) bond motifs is 1. The van der Waals surface area contributed by atoms with Crippen molar-refractivity contribution in [2.24, 2.45) is 0 Å². The predicted molar refractivity (Wildman–Crippen MR) is 51.6 cm³/mol. The molecule has 0 spiro atoms. The highest BCUT2D eigenvalue weighted by atomic mass is 16.3. The van der Waals surface area contributed by atoms with Gasteiger partial charge in [-0.05, 0) is 12.1 Å². The summed E-state index contributed by atoms with van der Waals surface area (Å²) in [6.45, 7) is 0. The fourth-order valence-corrected chi connectivity index (χ4v) is 1.43. The van der Waals surface area contributed by atoms with Crippen LogP contribution in [0.25, 0.3) is 22.4 Å². The standard InChI is InChI=1S/C10H7N3O/c1-2-4-9-7(3-1)5-10(14-9)8-6-11-13-12-8/h1-6H,(H,11,12,13). The molecule has 3 rings (SSSR count). The molecule has 0 unspecified atom stereocenters. The van der Waals surface area contributed by atoms with Crippen LogP contribution in [0, 0.1) is 0 Å². The minimum Gasteiger partial charge on any atom is -0.454 e. The van der Waals surface area contributed by atoms with E-state index in [9.17, 15) is 0 Å². The van der Waals surface area contributed by atoms with Gasteiger partial charge in [-0.3, -0.25) is 5.10 Å². The molecule has 0 aliphatic carbocycles. The second kappa shape index (κ2) is 2.70. The van der Waals surface area contributed by atoms with E-state index in [2.05, 4.69) is 15.4 Å². The van der Waals surface area contributed by atoms with E-state index in [1.54, 1.807) is 6.20 Å². The molecule has 4 heteroatoms. The fourth-order valence-electron chi connectivity index (χ4n) is 1.43. The summed E-state index contributed by atoms with van der Waals surface area (Å²) in [7, 11) is 0. The number of hydrogen-bond donors (Lipinski definition) is 1. The van der Waals surface area contributed by atoms with Crippen molar-refractivity contribution in [2.75, 3.05) is 0 Å². The summed E-state index contributed by atoms with van der Waals surface area (Å²) in [6.07, 6.45) is 1.71. The Bertz CT molecular complexity index is 521. The molecule has 0 aliphatic heterocycles. The minimum absolute atomic E-state index is 0.723. The van der Waals surface area contributed by atoms with Gasteiger partial charge in [0.05, 0.1) is 6.20 Å². The molecule has 0 fully saturated rings. The number of aromatic nitrogens is 3. The maximum atomic E-state index is 5.59. The van der Waals surface area contributed by atoms with Gasteiger partial charge in [0.15, 0.2) is 5.76 Å². The normalized spacial score (nSPS) is 10.9. The van der Waals surface area contributed by atoms with Crippen molar-refractivity contribution in [2.45, 2.75) is 0 Å². The summed E-state index contributed by atoms with van der Waals surface area (Å²) < 4.78 is 5.59.